The number of nitrogens with one attached hydrogen (secondary N) is 1. The van der Waals surface area contributed by atoms with E-state index in [1.807, 2.05) is 0 Å². The SMILES string of the molecule is CCCCCCC(=O)NC(C)C(C)CBr. The first-order valence-electron chi connectivity index (χ1n) is 5.97. The Morgan fingerprint density at radius 1 is 1.27 bits per heavy atom. The highest BCUT2D eigenvalue weighted by atomic mass is 79.9. The number of hydrogen-bond acceptors (Lipinski definition) is 1. The van der Waals surface area contributed by atoms with Gasteiger partial charge in [-0.15, -0.1) is 0 Å². The maximum absolute atomic E-state index is 11.5. The lowest BCUT2D eigenvalue weighted by Gasteiger charge is -2.19. The first-order chi connectivity index (χ1) is 7.11. The zero-order chi connectivity index (χ0) is 11.7. The Morgan fingerprint density at radius 3 is 2.47 bits per heavy atom. The van der Waals surface area contributed by atoms with Gasteiger partial charge in [-0.25, -0.2) is 0 Å². The van der Waals surface area contributed by atoms with Crippen molar-refractivity contribution in [1.82, 2.24) is 5.32 Å². The third kappa shape index (κ3) is 7.83. The molecule has 0 aromatic rings. The van der Waals surface area contributed by atoms with Crippen molar-refractivity contribution in [2.24, 2.45) is 5.92 Å². The summed E-state index contributed by atoms with van der Waals surface area (Å²) >= 11 is 3.43. The third-order valence-electron chi connectivity index (χ3n) is 2.74. The van der Waals surface area contributed by atoms with Crippen molar-refractivity contribution >= 4 is 21.8 Å². The van der Waals surface area contributed by atoms with Crippen molar-refractivity contribution in [3.8, 4) is 0 Å². The summed E-state index contributed by atoms with van der Waals surface area (Å²) in [5.74, 6) is 0.691. The fourth-order valence-corrected chi connectivity index (χ4v) is 1.88. The largest absolute Gasteiger partial charge is 0.353 e. The summed E-state index contributed by atoms with van der Waals surface area (Å²) in [5, 5.41) is 3.97. The van der Waals surface area contributed by atoms with Crippen LogP contribution >= 0.6 is 15.9 Å². The molecule has 15 heavy (non-hydrogen) atoms. The molecule has 0 fully saturated rings. The Hall–Kier alpha value is -0.0500. The smallest absolute Gasteiger partial charge is 0.220 e. The van der Waals surface area contributed by atoms with Crippen LogP contribution in [0.4, 0.5) is 0 Å². The summed E-state index contributed by atoms with van der Waals surface area (Å²) in [4.78, 5) is 11.5. The van der Waals surface area contributed by atoms with Crippen molar-refractivity contribution in [2.75, 3.05) is 5.33 Å². The van der Waals surface area contributed by atoms with E-state index in [4.69, 9.17) is 0 Å². The second-order valence-corrected chi connectivity index (χ2v) is 4.95. The Balaban J connectivity index is 3.55. The van der Waals surface area contributed by atoms with E-state index < -0.39 is 0 Å². The van der Waals surface area contributed by atoms with E-state index in [1.54, 1.807) is 0 Å². The van der Waals surface area contributed by atoms with Gasteiger partial charge in [-0.1, -0.05) is 49.0 Å². The standard InChI is InChI=1S/C12H24BrNO/c1-4-5-6-7-8-12(15)14-11(3)10(2)9-13/h10-11H,4-9H2,1-3H3,(H,14,15). The zero-order valence-electron chi connectivity index (χ0n) is 10.2. The average molecular weight is 278 g/mol. The van der Waals surface area contributed by atoms with Gasteiger partial charge in [-0.2, -0.15) is 0 Å². The summed E-state index contributed by atoms with van der Waals surface area (Å²) in [6.45, 7) is 6.38. The highest BCUT2D eigenvalue weighted by Crippen LogP contribution is 2.07. The first kappa shape index (κ1) is 14.9. The molecule has 2 nitrogen and oxygen atoms in total. The molecule has 1 amide bonds. The Bertz CT molecular complexity index is 173. The lowest BCUT2D eigenvalue weighted by molar-refractivity contribution is -0.122. The van der Waals surface area contributed by atoms with Crippen LogP contribution in [0.1, 0.15) is 52.9 Å². The maximum Gasteiger partial charge on any atom is 0.220 e. The second kappa shape index (κ2) is 9.20. The number of unbranched alkanes of at least 4 members (excludes halogenated alkanes) is 3. The van der Waals surface area contributed by atoms with Gasteiger partial charge < -0.3 is 5.32 Å². The predicted molar refractivity (Wildman–Crippen MR) is 69.3 cm³/mol. The molecule has 0 saturated heterocycles. The third-order valence-corrected chi connectivity index (χ3v) is 3.76. The summed E-state index contributed by atoms with van der Waals surface area (Å²) in [5.41, 5.74) is 0. The van der Waals surface area contributed by atoms with Crippen molar-refractivity contribution in [3.63, 3.8) is 0 Å². The molecule has 0 saturated carbocycles. The Labute approximate surface area is 102 Å². The minimum Gasteiger partial charge on any atom is -0.353 e. The number of alkyl halides is 1. The monoisotopic (exact) mass is 277 g/mol. The van der Waals surface area contributed by atoms with E-state index in [1.165, 1.54) is 19.3 Å². The quantitative estimate of drug-likeness (QED) is 0.534. The topological polar surface area (TPSA) is 29.1 Å². The lowest BCUT2D eigenvalue weighted by atomic mass is 10.1. The molecular formula is C12H24BrNO. The molecule has 90 valence electrons. The second-order valence-electron chi connectivity index (χ2n) is 4.30. The fourth-order valence-electron chi connectivity index (χ4n) is 1.31. The van der Waals surface area contributed by atoms with Crippen LogP contribution in [0.3, 0.4) is 0 Å². The van der Waals surface area contributed by atoms with Gasteiger partial charge in [-0.05, 0) is 19.3 Å². The van der Waals surface area contributed by atoms with Gasteiger partial charge in [-0.3, -0.25) is 4.79 Å². The van der Waals surface area contributed by atoms with Crippen LogP contribution in [-0.4, -0.2) is 17.3 Å². The van der Waals surface area contributed by atoms with Gasteiger partial charge in [0.25, 0.3) is 0 Å². The molecule has 2 unspecified atom stereocenters. The van der Waals surface area contributed by atoms with Crippen LogP contribution in [0.5, 0.6) is 0 Å². The predicted octanol–water partition coefficient (Wildman–Crippen LogP) is 3.49. The Kier molecular flexibility index (Phi) is 9.17. The van der Waals surface area contributed by atoms with E-state index in [0.29, 0.717) is 12.3 Å². The molecule has 0 radical (unpaired) electrons. The van der Waals surface area contributed by atoms with Gasteiger partial charge >= 0.3 is 0 Å². The van der Waals surface area contributed by atoms with Crippen molar-refractivity contribution < 1.29 is 4.79 Å². The number of carbonyl (C=O) groups excluding carboxylic acids is 1. The molecular weight excluding hydrogens is 254 g/mol. The van der Waals surface area contributed by atoms with E-state index >= 15 is 0 Å². The van der Waals surface area contributed by atoms with Crippen LogP contribution in [0.25, 0.3) is 0 Å². The van der Waals surface area contributed by atoms with Crippen molar-refractivity contribution in [1.29, 1.82) is 0 Å². The van der Waals surface area contributed by atoms with Gasteiger partial charge in [0.2, 0.25) is 5.91 Å². The summed E-state index contributed by atoms with van der Waals surface area (Å²) < 4.78 is 0. The molecule has 1 N–H and O–H groups in total. The van der Waals surface area contributed by atoms with E-state index in [-0.39, 0.29) is 11.9 Å². The molecule has 0 aromatic heterocycles. The van der Waals surface area contributed by atoms with E-state index in [2.05, 4.69) is 42.0 Å². The van der Waals surface area contributed by atoms with Gasteiger partial charge in [0.15, 0.2) is 0 Å². The number of hydrogen-bond donors (Lipinski definition) is 1. The number of amides is 1. The van der Waals surface area contributed by atoms with Gasteiger partial charge in [0, 0.05) is 17.8 Å². The minimum absolute atomic E-state index is 0.200. The number of rotatable bonds is 8. The van der Waals surface area contributed by atoms with Crippen LogP contribution in [0, 0.1) is 5.92 Å². The molecule has 0 aromatic carbocycles. The molecule has 0 aliphatic heterocycles. The van der Waals surface area contributed by atoms with E-state index in [9.17, 15) is 4.79 Å². The van der Waals surface area contributed by atoms with Crippen LogP contribution in [0.15, 0.2) is 0 Å². The molecule has 2 atom stereocenters. The maximum atomic E-state index is 11.5. The van der Waals surface area contributed by atoms with Crippen LogP contribution in [-0.2, 0) is 4.79 Å². The van der Waals surface area contributed by atoms with Crippen LogP contribution < -0.4 is 5.32 Å². The number of halogens is 1. The minimum atomic E-state index is 0.200. The Morgan fingerprint density at radius 2 is 1.93 bits per heavy atom. The fraction of sp³-hybridized carbons (Fsp3) is 0.917. The highest BCUT2D eigenvalue weighted by Gasteiger charge is 2.12. The van der Waals surface area contributed by atoms with Gasteiger partial charge in [0.1, 0.15) is 0 Å². The zero-order valence-corrected chi connectivity index (χ0v) is 11.8. The van der Waals surface area contributed by atoms with E-state index in [0.717, 1.165) is 11.8 Å². The molecule has 0 bridgehead atoms. The first-order valence-corrected chi connectivity index (χ1v) is 7.09. The molecule has 0 rings (SSSR count). The van der Waals surface area contributed by atoms with Crippen molar-refractivity contribution in [2.45, 2.75) is 58.9 Å². The molecule has 0 spiro atoms. The summed E-state index contributed by atoms with van der Waals surface area (Å²) in [6, 6.07) is 0.267. The lowest BCUT2D eigenvalue weighted by Crippen LogP contribution is -2.37. The highest BCUT2D eigenvalue weighted by molar-refractivity contribution is 9.09. The average Bonchev–Trinajstić information content (AvgIpc) is 2.23. The van der Waals surface area contributed by atoms with Crippen LogP contribution in [0.2, 0.25) is 0 Å². The molecule has 0 heterocycles. The summed E-state index contributed by atoms with van der Waals surface area (Å²) in [7, 11) is 0. The summed E-state index contributed by atoms with van der Waals surface area (Å²) in [6.07, 6.45) is 5.33. The number of carbonyl (C=O) groups is 1. The van der Waals surface area contributed by atoms with Crippen molar-refractivity contribution in [3.05, 3.63) is 0 Å². The van der Waals surface area contributed by atoms with Gasteiger partial charge in [0.05, 0.1) is 0 Å². The normalized spacial score (nSPS) is 14.7. The molecule has 0 aliphatic rings. The molecule has 3 heteroatoms. The molecule has 0 aliphatic carbocycles.